The zero-order chi connectivity index (χ0) is 10.6. The second-order valence-corrected chi connectivity index (χ2v) is 2.63. The van der Waals surface area contributed by atoms with Gasteiger partial charge in [0.2, 0.25) is 0 Å². The van der Waals surface area contributed by atoms with Crippen molar-refractivity contribution in [3.05, 3.63) is 35.4 Å². The average Bonchev–Trinajstić information content (AvgIpc) is 2.09. The van der Waals surface area contributed by atoms with Gasteiger partial charge in [0, 0.05) is 6.21 Å². The van der Waals surface area contributed by atoms with E-state index in [1.165, 1.54) is 6.07 Å². The van der Waals surface area contributed by atoms with Crippen LogP contribution >= 0.6 is 0 Å². The molecule has 14 heavy (non-hydrogen) atoms. The molecular weight excluding hydrogens is 188 g/mol. The summed E-state index contributed by atoms with van der Waals surface area (Å²) in [5.41, 5.74) is 4.80. The van der Waals surface area contributed by atoms with Crippen LogP contribution in [0.4, 0.5) is 8.78 Å². The maximum Gasteiger partial charge on any atom is 0.134 e. The van der Waals surface area contributed by atoms with Crippen LogP contribution in [0.3, 0.4) is 0 Å². The number of hydrogen-bond donors (Lipinski definition) is 2. The predicted molar refractivity (Wildman–Crippen MR) is 50.7 cm³/mol. The van der Waals surface area contributed by atoms with Crippen LogP contribution in [0.1, 0.15) is 5.56 Å². The number of benzene rings is 1. The van der Waals surface area contributed by atoms with Crippen molar-refractivity contribution in [2.24, 2.45) is 10.7 Å². The van der Waals surface area contributed by atoms with E-state index in [0.717, 1.165) is 18.3 Å². The minimum Gasteiger partial charge on any atom is -0.386 e. The largest absolute Gasteiger partial charge is 0.386 e. The molecule has 0 unspecified atom stereocenters. The molecular formula is C9H9F2N3. The van der Waals surface area contributed by atoms with Crippen molar-refractivity contribution in [3.63, 3.8) is 0 Å². The molecule has 0 radical (unpaired) electrons. The minimum absolute atomic E-state index is 0.0617. The van der Waals surface area contributed by atoms with E-state index in [0.29, 0.717) is 0 Å². The van der Waals surface area contributed by atoms with Crippen molar-refractivity contribution in [1.82, 2.24) is 0 Å². The molecule has 0 aliphatic carbocycles. The monoisotopic (exact) mass is 197 g/mol. The maximum atomic E-state index is 13.0. The number of nitrogens with zero attached hydrogens (tertiary/aromatic N) is 1. The van der Waals surface area contributed by atoms with Crippen LogP contribution in [0, 0.1) is 17.0 Å². The number of nitrogens with two attached hydrogens (primary N) is 1. The van der Waals surface area contributed by atoms with Gasteiger partial charge in [-0.3, -0.25) is 10.4 Å². The summed E-state index contributed by atoms with van der Waals surface area (Å²) in [6.07, 6.45) is 1.03. The normalized spacial score (nSPS) is 10.7. The summed E-state index contributed by atoms with van der Waals surface area (Å²) < 4.78 is 25.9. The molecule has 0 atom stereocenters. The van der Waals surface area contributed by atoms with Gasteiger partial charge in [-0.1, -0.05) is 6.07 Å². The Kier molecular flexibility index (Phi) is 3.28. The predicted octanol–water partition coefficient (Wildman–Crippen LogP) is 1.32. The lowest BCUT2D eigenvalue weighted by atomic mass is 10.2. The maximum absolute atomic E-state index is 13.0. The highest BCUT2D eigenvalue weighted by molar-refractivity contribution is 5.85. The van der Waals surface area contributed by atoms with Crippen molar-refractivity contribution in [2.75, 3.05) is 6.54 Å². The van der Waals surface area contributed by atoms with Crippen LogP contribution < -0.4 is 5.73 Å². The zero-order valence-electron chi connectivity index (χ0n) is 7.30. The Morgan fingerprint density at radius 1 is 1.43 bits per heavy atom. The Hall–Kier alpha value is -1.78. The van der Waals surface area contributed by atoms with E-state index < -0.39 is 11.6 Å². The van der Waals surface area contributed by atoms with E-state index in [2.05, 4.69) is 4.99 Å². The number of rotatable bonds is 3. The molecule has 0 bridgehead atoms. The molecule has 0 heterocycles. The number of amidine groups is 1. The molecule has 0 fully saturated rings. The van der Waals surface area contributed by atoms with Gasteiger partial charge in [0.15, 0.2) is 0 Å². The summed E-state index contributed by atoms with van der Waals surface area (Å²) in [7, 11) is 0. The molecule has 1 aromatic carbocycles. The molecule has 0 saturated carbocycles. The SMILES string of the molecule is N=C(N)CN=Cc1c(F)cccc1F. The standard InChI is InChI=1S/C9H9F2N3/c10-7-2-1-3-8(11)6(7)4-14-5-9(12)13/h1-4H,5H2,(H3,12,13). The molecule has 74 valence electrons. The van der Waals surface area contributed by atoms with Gasteiger partial charge in [-0.15, -0.1) is 0 Å². The van der Waals surface area contributed by atoms with Gasteiger partial charge in [-0.2, -0.15) is 0 Å². The first kappa shape index (κ1) is 10.3. The summed E-state index contributed by atoms with van der Waals surface area (Å²) in [5.74, 6) is -1.52. The Bertz CT molecular complexity index is 354. The first-order valence-corrected chi connectivity index (χ1v) is 3.88. The summed E-state index contributed by atoms with van der Waals surface area (Å²) in [4.78, 5) is 3.61. The van der Waals surface area contributed by atoms with Crippen LogP contribution in [0.15, 0.2) is 23.2 Å². The topological polar surface area (TPSA) is 62.2 Å². The molecule has 0 spiro atoms. The molecule has 0 amide bonds. The van der Waals surface area contributed by atoms with Gasteiger partial charge >= 0.3 is 0 Å². The van der Waals surface area contributed by atoms with Gasteiger partial charge in [0.1, 0.15) is 17.5 Å². The number of hydrogen-bond acceptors (Lipinski definition) is 2. The van der Waals surface area contributed by atoms with Crippen molar-refractivity contribution in [1.29, 1.82) is 5.41 Å². The van der Waals surface area contributed by atoms with E-state index in [9.17, 15) is 8.78 Å². The first-order chi connectivity index (χ1) is 6.61. The van der Waals surface area contributed by atoms with Crippen LogP contribution in [0.25, 0.3) is 0 Å². The third-order valence-electron chi connectivity index (χ3n) is 1.48. The number of nitrogens with one attached hydrogen (secondary N) is 1. The molecule has 0 aliphatic rings. The first-order valence-electron chi connectivity index (χ1n) is 3.88. The highest BCUT2D eigenvalue weighted by atomic mass is 19.1. The van der Waals surface area contributed by atoms with E-state index >= 15 is 0 Å². The fourth-order valence-corrected chi connectivity index (χ4v) is 0.869. The quantitative estimate of drug-likeness (QED) is 0.557. The van der Waals surface area contributed by atoms with Crippen LogP contribution in [-0.4, -0.2) is 18.6 Å². The second kappa shape index (κ2) is 4.45. The highest BCUT2D eigenvalue weighted by Gasteiger charge is 2.04. The van der Waals surface area contributed by atoms with Crippen molar-refractivity contribution in [2.45, 2.75) is 0 Å². The molecule has 5 heteroatoms. The Labute approximate surface area is 79.8 Å². The van der Waals surface area contributed by atoms with Gasteiger partial charge in [-0.25, -0.2) is 8.78 Å². The second-order valence-electron chi connectivity index (χ2n) is 2.63. The van der Waals surface area contributed by atoms with Crippen molar-refractivity contribution < 1.29 is 8.78 Å². The van der Waals surface area contributed by atoms with E-state index in [1.54, 1.807) is 0 Å². The van der Waals surface area contributed by atoms with Crippen LogP contribution in [0.2, 0.25) is 0 Å². The van der Waals surface area contributed by atoms with Gasteiger partial charge in [-0.05, 0) is 12.1 Å². The lowest BCUT2D eigenvalue weighted by Gasteiger charge is -1.97. The van der Waals surface area contributed by atoms with Crippen molar-refractivity contribution >= 4 is 12.1 Å². The Morgan fingerprint density at radius 2 is 2.00 bits per heavy atom. The zero-order valence-corrected chi connectivity index (χ0v) is 7.30. The summed E-state index contributed by atoms with van der Waals surface area (Å²) in [6, 6.07) is 3.55. The molecule has 0 saturated heterocycles. The third-order valence-corrected chi connectivity index (χ3v) is 1.48. The number of halogens is 2. The van der Waals surface area contributed by atoms with Gasteiger partial charge in [0.25, 0.3) is 0 Å². The van der Waals surface area contributed by atoms with Gasteiger partial charge in [0.05, 0.1) is 12.1 Å². The molecule has 0 aromatic heterocycles. The van der Waals surface area contributed by atoms with E-state index in [1.807, 2.05) is 0 Å². The minimum atomic E-state index is -0.683. The lowest BCUT2D eigenvalue weighted by molar-refractivity contribution is 0.580. The average molecular weight is 197 g/mol. The fourth-order valence-electron chi connectivity index (χ4n) is 0.869. The summed E-state index contributed by atoms with van der Waals surface area (Å²) in [5, 5.41) is 6.84. The lowest BCUT2D eigenvalue weighted by Crippen LogP contribution is -2.13. The fraction of sp³-hybridized carbons (Fsp3) is 0.111. The molecule has 3 nitrogen and oxygen atoms in total. The summed E-state index contributed by atoms with van der Waals surface area (Å²) >= 11 is 0. The summed E-state index contributed by atoms with van der Waals surface area (Å²) in [6.45, 7) is -0.0617. The number of aliphatic imine (C=N–C) groups is 1. The molecule has 3 N–H and O–H groups in total. The smallest absolute Gasteiger partial charge is 0.134 e. The highest BCUT2D eigenvalue weighted by Crippen LogP contribution is 2.08. The van der Waals surface area contributed by atoms with E-state index in [-0.39, 0.29) is 17.9 Å². The van der Waals surface area contributed by atoms with Crippen LogP contribution in [0.5, 0.6) is 0 Å². The molecule has 1 rings (SSSR count). The van der Waals surface area contributed by atoms with E-state index in [4.69, 9.17) is 11.1 Å². The van der Waals surface area contributed by atoms with Crippen LogP contribution in [-0.2, 0) is 0 Å². The van der Waals surface area contributed by atoms with Crippen molar-refractivity contribution in [3.8, 4) is 0 Å². The Morgan fingerprint density at radius 3 is 2.50 bits per heavy atom. The Balaban J connectivity index is 2.85. The molecule has 1 aromatic rings. The van der Waals surface area contributed by atoms with Gasteiger partial charge < -0.3 is 5.73 Å². The third kappa shape index (κ3) is 2.62. The molecule has 0 aliphatic heterocycles.